The summed E-state index contributed by atoms with van der Waals surface area (Å²) in [5, 5.41) is 3.61. The number of halogens is 1. The number of nitrogens with one attached hydrogen (secondary N) is 1. The summed E-state index contributed by atoms with van der Waals surface area (Å²) < 4.78 is 6.44. The molecule has 1 amide bonds. The van der Waals surface area contributed by atoms with E-state index in [2.05, 4.69) is 21.2 Å². The maximum atomic E-state index is 12.2. The minimum Gasteiger partial charge on any atom is -0.451 e. The Morgan fingerprint density at radius 2 is 1.77 bits per heavy atom. The minimum absolute atomic E-state index is 0.0132. The molecular weight excluding hydrogens is 346 g/mol. The third-order valence-electron chi connectivity index (χ3n) is 3.26. The Morgan fingerprint density at radius 1 is 1.05 bits per heavy atom. The number of fused-ring (bicyclic) bond motifs is 1. The number of anilines is 1. The van der Waals surface area contributed by atoms with Gasteiger partial charge >= 0.3 is 0 Å². The van der Waals surface area contributed by atoms with Crippen LogP contribution in [0.2, 0.25) is 0 Å². The van der Waals surface area contributed by atoms with Gasteiger partial charge in [0.2, 0.25) is 0 Å². The normalized spacial score (nSPS) is 10.6. The van der Waals surface area contributed by atoms with Gasteiger partial charge in [0, 0.05) is 21.1 Å². The van der Waals surface area contributed by atoms with Crippen LogP contribution in [-0.2, 0) is 0 Å². The molecule has 0 fully saturated rings. The fourth-order valence-corrected chi connectivity index (χ4v) is 2.44. The maximum absolute atomic E-state index is 12.2. The Kier molecular flexibility index (Phi) is 3.81. The van der Waals surface area contributed by atoms with Crippen LogP contribution in [0, 0.1) is 0 Å². The van der Waals surface area contributed by atoms with Crippen molar-refractivity contribution in [1.82, 2.24) is 0 Å². The Morgan fingerprint density at radius 3 is 2.45 bits per heavy atom. The van der Waals surface area contributed by atoms with Gasteiger partial charge in [-0.25, -0.2) is 0 Å². The second kappa shape index (κ2) is 5.77. The molecule has 3 aromatic rings. The molecule has 0 saturated heterocycles. The van der Waals surface area contributed by atoms with Gasteiger partial charge in [-0.05, 0) is 55.5 Å². The van der Waals surface area contributed by atoms with Crippen molar-refractivity contribution >= 4 is 44.3 Å². The zero-order valence-corrected chi connectivity index (χ0v) is 13.3. The largest absolute Gasteiger partial charge is 0.451 e. The van der Waals surface area contributed by atoms with E-state index < -0.39 is 0 Å². The number of ketones is 1. The summed E-state index contributed by atoms with van der Waals surface area (Å²) in [6.45, 7) is 1.50. The second-order valence-electron chi connectivity index (χ2n) is 4.88. The van der Waals surface area contributed by atoms with E-state index >= 15 is 0 Å². The molecule has 0 bridgehead atoms. The van der Waals surface area contributed by atoms with Crippen LogP contribution >= 0.6 is 15.9 Å². The van der Waals surface area contributed by atoms with Crippen molar-refractivity contribution in [1.29, 1.82) is 0 Å². The van der Waals surface area contributed by atoms with Crippen molar-refractivity contribution in [2.45, 2.75) is 6.92 Å². The van der Waals surface area contributed by atoms with Crippen LogP contribution in [0.4, 0.5) is 5.69 Å². The van der Waals surface area contributed by atoms with Crippen LogP contribution in [0.1, 0.15) is 27.8 Å². The van der Waals surface area contributed by atoms with Crippen LogP contribution in [0.25, 0.3) is 11.0 Å². The number of hydrogen-bond donors (Lipinski definition) is 1. The van der Waals surface area contributed by atoms with Gasteiger partial charge in [0.15, 0.2) is 11.5 Å². The molecule has 0 aliphatic heterocycles. The van der Waals surface area contributed by atoms with Crippen LogP contribution in [0.5, 0.6) is 0 Å². The number of rotatable bonds is 3. The first-order valence-electron chi connectivity index (χ1n) is 6.64. The number of furan rings is 1. The molecular formula is C17H12BrNO3. The lowest BCUT2D eigenvalue weighted by atomic mass is 10.1. The summed E-state index contributed by atoms with van der Waals surface area (Å²) in [5.74, 6) is -0.104. The highest BCUT2D eigenvalue weighted by molar-refractivity contribution is 9.10. The molecule has 2 aromatic carbocycles. The molecule has 110 valence electrons. The van der Waals surface area contributed by atoms with Crippen LogP contribution in [-0.4, -0.2) is 11.7 Å². The molecule has 0 aliphatic carbocycles. The molecule has 5 heteroatoms. The van der Waals surface area contributed by atoms with Crippen LogP contribution in [0.3, 0.4) is 0 Å². The molecule has 1 aromatic heterocycles. The summed E-state index contributed by atoms with van der Waals surface area (Å²) >= 11 is 3.36. The Hall–Kier alpha value is -2.40. The van der Waals surface area contributed by atoms with E-state index in [4.69, 9.17) is 4.42 Å². The standard InChI is InChI=1S/C17H12BrNO3/c1-10(20)11-3-6-14(7-4-11)19-17(21)16-8-12-2-5-13(18)9-15(12)22-16/h2-9H,1H3,(H,19,21). The van der Waals surface area contributed by atoms with Gasteiger partial charge < -0.3 is 9.73 Å². The smallest absolute Gasteiger partial charge is 0.291 e. The Labute approximate surface area is 135 Å². The monoisotopic (exact) mass is 357 g/mol. The van der Waals surface area contributed by atoms with Gasteiger partial charge in [0.1, 0.15) is 5.58 Å². The highest BCUT2D eigenvalue weighted by Gasteiger charge is 2.13. The summed E-state index contributed by atoms with van der Waals surface area (Å²) in [6, 6.07) is 14.0. The van der Waals surface area contributed by atoms with Crippen molar-refractivity contribution in [3.05, 3.63) is 64.3 Å². The van der Waals surface area contributed by atoms with E-state index in [1.54, 1.807) is 30.3 Å². The van der Waals surface area contributed by atoms with Gasteiger partial charge in [-0.3, -0.25) is 9.59 Å². The zero-order valence-electron chi connectivity index (χ0n) is 11.7. The summed E-state index contributed by atoms with van der Waals surface area (Å²) in [5.41, 5.74) is 1.86. The van der Waals surface area contributed by atoms with Gasteiger partial charge in [0.05, 0.1) is 0 Å². The average Bonchev–Trinajstić information content (AvgIpc) is 2.91. The zero-order chi connectivity index (χ0) is 15.7. The average molecular weight is 358 g/mol. The summed E-state index contributed by atoms with van der Waals surface area (Å²) in [7, 11) is 0. The molecule has 22 heavy (non-hydrogen) atoms. The number of Topliss-reactive ketones (excluding diaryl/α,β-unsaturated/α-hetero) is 1. The first kappa shape index (κ1) is 14.5. The Balaban J connectivity index is 1.81. The summed E-state index contributed by atoms with van der Waals surface area (Å²) in [6.07, 6.45) is 0. The predicted octanol–water partition coefficient (Wildman–Crippen LogP) is 4.65. The lowest BCUT2D eigenvalue weighted by Crippen LogP contribution is -2.10. The van der Waals surface area contributed by atoms with Crippen molar-refractivity contribution in [3.63, 3.8) is 0 Å². The first-order valence-corrected chi connectivity index (χ1v) is 7.44. The van der Waals surface area contributed by atoms with Crippen LogP contribution < -0.4 is 5.32 Å². The summed E-state index contributed by atoms with van der Waals surface area (Å²) in [4.78, 5) is 23.4. The first-order chi connectivity index (χ1) is 10.5. The minimum atomic E-state index is -0.331. The number of hydrogen-bond acceptors (Lipinski definition) is 3. The number of carbonyl (C=O) groups is 2. The maximum Gasteiger partial charge on any atom is 0.291 e. The van der Waals surface area contributed by atoms with Gasteiger partial charge in [-0.2, -0.15) is 0 Å². The third kappa shape index (κ3) is 2.94. The van der Waals surface area contributed by atoms with E-state index in [1.807, 2.05) is 18.2 Å². The number of amides is 1. The van der Waals surface area contributed by atoms with Gasteiger partial charge in [-0.15, -0.1) is 0 Å². The highest BCUT2D eigenvalue weighted by Crippen LogP contribution is 2.24. The molecule has 0 aliphatic rings. The van der Waals surface area contributed by atoms with E-state index in [0.29, 0.717) is 16.8 Å². The molecule has 0 radical (unpaired) electrons. The Bertz CT molecular complexity index is 865. The van der Waals surface area contributed by atoms with E-state index in [1.165, 1.54) is 6.92 Å². The molecule has 0 saturated carbocycles. The van der Waals surface area contributed by atoms with E-state index in [0.717, 1.165) is 9.86 Å². The molecule has 4 nitrogen and oxygen atoms in total. The van der Waals surface area contributed by atoms with E-state index in [-0.39, 0.29) is 17.5 Å². The quantitative estimate of drug-likeness (QED) is 0.694. The van der Waals surface area contributed by atoms with Crippen molar-refractivity contribution in [3.8, 4) is 0 Å². The lowest BCUT2D eigenvalue weighted by Gasteiger charge is -2.03. The van der Waals surface area contributed by atoms with Crippen molar-refractivity contribution < 1.29 is 14.0 Å². The fourth-order valence-electron chi connectivity index (χ4n) is 2.10. The SMILES string of the molecule is CC(=O)c1ccc(NC(=O)c2cc3ccc(Br)cc3o2)cc1. The van der Waals surface area contributed by atoms with Crippen molar-refractivity contribution in [2.75, 3.05) is 5.32 Å². The molecule has 0 spiro atoms. The van der Waals surface area contributed by atoms with Crippen molar-refractivity contribution in [2.24, 2.45) is 0 Å². The van der Waals surface area contributed by atoms with E-state index in [9.17, 15) is 9.59 Å². The number of carbonyl (C=O) groups excluding carboxylic acids is 2. The topological polar surface area (TPSA) is 59.3 Å². The fraction of sp³-hybridized carbons (Fsp3) is 0.0588. The molecule has 1 N–H and O–H groups in total. The van der Waals surface area contributed by atoms with Crippen LogP contribution in [0.15, 0.2) is 57.4 Å². The predicted molar refractivity (Wildman–Crippen MR) is 88.3 cm³/mol. The third-order valence-corrected chi connectivity index (χ3v) is 3.75. The van der Waals surface area contributed by atoms with Gasteiger partial charge in [-0.1, -0.05) is 15.9 Å². The molecule has 1 heterocycles. The molecule has 3 rings (SSSR count). The van der Waals surface area contributed by atoms with Gasteiger partial charge in [0.25, 0.3) is 5.91 Å². The highest BCUT2D eigenvalue weighted by atomic mass is 79.9. The molecule has 0 atom stereocenters. The molecule has 0 unspecified atom stereocenters. The number of benzene rings is 2. The lowest BCUT2D eigenvalue weighted by molar-refractivity contribution is 0.0996. The second-order valence-corrected chi connectivity index (χ2v) is 5.80.